The first kappa shape index (κ1) is 17.5. The van der Waals surface area contributed by atoms with E-state index in [-0.39, 0.29) is 6.04 Å². The molecule has 5 rings (SSSR count). The van der Waals surface area contributed by atoms with Crippen LogP contribution in [0.5, 0.6) is 5.75 Å². The lowest BCUT2D eigenvalue weighted by Crippen LogP contribution is -2.54. The Hall–Kier alpha value is -1.63. The maximum absolute atomic E-state index is 13.0. The molecule has 1 aliphatic carbocycles. The molecule has 3 atom stereocenters. The van der Waals surface area contributed by atoms with E-state index in [1.165, 1.54) is 36.8 Å². The fraction of sp³-hybridized carbons (Fsp3) is 0.667. The number of hydrogen-bond donors (Lipinski definition) is 2. The highest BCUT2D eigenvalue weighted by atomic mass is 16.5. The number of rotatable bonds is 3. The Morgan fingerprint density at radius 1 is 1.11 bits per heavy atom. The first-order valence-corrected chi connectivity index (χ1v) is 10.5. The zero-order valence-corrected chi connectivity index (χ0v) is 16.0. The van der Waals surface area contributed by atoms with Crippen molar-refractivity contribution in [3.05, 3.63) is 29.3 Å². The summed E-state index contributed by atoms with van der Waals surface area (Å²) in [5, 5.41) is 0. The molecule has 0 spiro atoms. The van der Waals surface area contributed by atoms with E-state index in [4.69, 9.17) is 4.74 Å². The standard InChI is InChI=1S/C21H30N4O2/c26-21(20-17-3-1-2-4-18(17)22-23-20)25-10-8-24(9-11-25)14-15-5-6-19-16(13-15)7-12-27-19/h5-6,13,17-18,20,22-23H,1-4,7-12,14H2. The van der Waals surface area contributed by atoms with Crippen LogP contribution in [0.25, 0.3) is 0 Å². The first-order chi connectivity index (χ1) is 13.3. The van der Waals surface area contributed by atoms with Gasteiger partial charge in [-0.3, -0.25) is 15.1 Å². The van der Waals surface area contributed by atoms with E-state index in [2.05, 4.69) is 38.9 Å². The number of hydrogen-bond acceptors (Lipinski definition) is 5. The zero-order chi connectivity index (χ0) is 18.2. The van der Waals surface area contributed by atoms with Crippen molar-refractivity contribution in [2.45, 2.75) is 50.7 Å². The molecule has 1 aromatic rings. The quantitative estimate of drug-likeness (QED) is 0.840. The van der Waals surface area contributed by atoms with Crippen LogP contribution in [0.1, 0.15) is 36.8 Å². The molecule has 0 radical (unpaired) electrons. The van der Waals surface area contributed by atoms with Crippen LogP contribution >= 0.6 is 0 Å². The molecule has 4 aliphatic rings. The van der Waals surface area contributed by atoms with Gasteiger partial charge in [-0.1, -0.05) is 25.0 Å². The van der Waals surface area contributed by atoms with Crippen molar-refractivity contribution in [1.82, 2.24) is 20.7 Å². The molecule has 27 heavy (non-hydrogen) atoms. The van der Waals surface area contributed by atoms with E-state index >= 15 is 0 Å². The SMILES string of the molecule is O=C(C1NNC2CCCCC21)N1CCN(Cc2ccc3c(c2)CCO3)CC1. The van der Waals surface area contributed by atoms with Gasteiger partial charge in [-0.25, -0.2) is 5.43 Å². The third kappa shape index (κ3) is 3.46. The molecule has 6 heteroatoms. The van der Waals surface area contributed by atoms with Crippen molar-refractivity contribution in [2.24, 2.45) is 5.92 Å². The third-order valence-electron chi connectivity index (χ3n) is 6.78. The summed E-state index contributed by atoms with van der Waals surface area (Å²) in [5.41, 5.74) is 9.37. The van der Waals surface area contributed by atoms with Gasteiger partial charge in [0.25, 0.3) is 0 Å². The van der Waals surface area contributed by atoms with Crippen LogP contribution < -0.4 is 15.6 Å². The summed E-state index contributed by atoms with van der Waals surface area (Å²) in [7, 11) is 0. The van der Waals surface area contributed by atoms with Crippen LogP contribution in [-0.4, -0.2) is 60.6 Å². The van der Waals surface area contributed by atoms with E-state index < -0.39 is 0 Å². The molecule has 3 heterocycles. The smallest absolute Gasteiger partial charge is 0.241 e. The molecule has 0 bridgehead atoms. The predicted molar refractivity (Wildman–Crippen MR) is 103 cm³/mol. The van der Waals surface area contributed by atoms with Gasteiger partial charge in [0.05, 0.1) is 6.61 Å². The fourth-order valence-electron chi connectivity index (χ4n) is 5.21. The van der Waals surface area contributed by atoms with E-state index in [9.17, 15) is 4.79 Å². The predicted octanol–water partition coefficient (Wildman–Crippen LogP) is 1.30. The lowest BCUT2D eigenvalue weighted by atomic mass is 9.81. The van der Waals surface area contributed by atoms with Crippen LogP contribution in [0.4, 0.5) is 0 Å². The van der Waals surface area contributed by atoms with Gasteiger partial charge < -0.3 is 9.64 Å². The molecule has 3 fully saturated rings. The molecule has 6 nitrogen and oxygen atoms in total. The minimum atomic E-state index is -0.0291. The number of benzene rings is 1. The Labute approximate surface area is 161 Å². The molecule has 1 saturated carbocycles. The van der Waals surface area contributed by atoms with Crippen LogP contribution in [0.15, 0.2) is 18.2 Å². The Morgan fingerprint density at radius 2 is 1.96 bits per heavy atom. The number of nitrogens with zero attached hydrogens (tertiary/aromatic N) is 2. The maximum Gasteiger partial charge on any atom is 0.241 e. The van der Waals surface area contributed by atoms with Crippen molar-refractivity contribution >= 4 is 5.91 Å². The topological polar surface area (TPSA) is 56.8 Å². The molecule has 2 N–H and O–H groups in total. The van der Waals surface area contributed by atoms with Crippen LogP contribution in [0, 0.1) is 5.92 Å². The maximum atomic E-state index is 13.0. The van der Waals surface area contributed by atoms with Gasteiger partial charge in [-0.05, 0) is 30.0 Å². The molecule has 1 aromatic carbocycles. The first-order valence-electron chi connectivity index (χ1n) is 10.5. The second-order valence-electron chi connectivity index (χ2n) is 8.46. The summed E-state index contributed by atoms with van der Waals surface area (Å²) >= 11 is 0. The minimum Gasteiger partial charge on any atom is -0.493 e. The summed E-state index contributed by atoms with van der Waals surface area (Å²) in [4.78, 5) is 17.6. The number of fused-ring (bicyclic) bond motifs is 2. The lowest BCUT2D eigenvalue weighted by Gasteiger charge is -2.37. The molecular formula is C21H30N4O2. The molecule has 3 aliphatic heterocycles. The number of amides is 1. The second-order valence-corrected chi connectivity index (χ2v) is 8.46. The Bertz CT molecular complexity index is 701. The number of hydrazine groups is 1. The molecule has 1 amide bonds. The molecule has 2 saturated heterocycles. The highest BCUT2D eigenvalue weighted by molar-refractivity contribution is 5.82. The fourth-order valence-corrected chi connectivity index (χ4v) is 5.21. The number of carbonyl (C=O) groups excluding carboxylic acids is 1. The van der Waals surface area contributed by atoms with Crippen molar-refractivity contribution in [3.8, 4) is 5.75 Å². The Balaban J connectivity index is 1.15. The van der Waals surface area contributed by atoms with Gasteiger partial charge in [0.1, 0.15) is 11.8 Å². The average Bonchev–Trinajstić information content (AvgIpc) is 3.34. The van der Waals surface area contributed by atoms with Gasteiger partial charge in [-0.2, -0.15) is 0 Å². The normalized spacial score (nSPS) is 30.7. The van der Waals surface area contributed by atoms with Crippen molar-refractivity contribution in [2.75, 3.05) is 32.8 Å². The van der Waals surface area contributed by atoms with Crippen molar-refractivity contribution < 1.29 is 9.53 Å². The molecule has 3 unspecified atom stereocenters. The lowest BCUT2D eigenvalue weighted by molar-refractivity contribution is -0.136. The minimum absolute atomic E-state index is 0.0291. The summed E-state index contributed by atoms with van der Waals surface area (Å²) in [5.74, 6) is 1.82. The summed E-state index contributed by atoms with van der Waals surface area (Å²) < 4.78 is 5.60. The van der Waals surface area contributed by atoms with Gasteiger partial charge in [0.2, 0.25) is 5.91 Å². The average molecular weight is 370 g/mol. The summed E-state index contributed by atoms with van der Waals surface area (Å²) in [6.45, 7) is 5.35. The molecule has 0 aromatic heterocycles. The van der Waals surface area contributed by atoms with E-state index in [0.29, 0.717) is 17.9 Å². The van der Waals surface area contributed by atoms with Gasteiger partial charge >= 0.3 is 0 Å². The Morgan fingerprint density at radius 3 is 2.85 bits per heavy atom. The van der Waals surface area contributed by atoms with Crippen LogP contribution in [-0.2, 0) is 17.8 Å². The highest BCUT2D eigenvalue weighted by Gasteiger charge is 2.42. The van der Waals surface area contributed by atoms with Gasteiger partial charge in [0, 0.05) is 51.1 Å². The van der Waals surface area contributed by atoms with Gasteiger partial charge in [-0.15, -0.1) is 0 Å². The zero-order valence-electron chi connectivity index (χ0n) is 16.0. The summed E-state index contributed by atoms with van der Waals surface area (Å²) in [6, 6.07) is 7.03. The summed E-state index contributed by atoms with van der Waals surface area (Å²) in [6.07, 6.45) is 5.93. The van der Waals surface area contributed by atoms with E-state index in [0.717, 1.165) is 51.5 Å². The number of ether oxygens (including phenoxy) is 1. The number of piperazine rings is 1. The van der Waals surface area contributed by atoms with Crippen LogP contribution in [0.2, 0.25) is 0 Å². The highest BCUT2D eigenvalue weighted by Crippen LogP contribution is 2.31. The van der Waals surface area contributed by atoms with E-state index in [1.807, 2.05) is 0 Å². The molecular weight excluding hydrogens is 340 g/mol. The van der Waals surface area contributed by atoms with E-state index in [1.54, 1.807) is 0 Å². The van der Waals surface area contributed by atoms with Crippen LogP contribution in [0.3, 0.4) is 0 Å². The second kappa shape index (κ2) is 7.41. The number of carbonyl (C=O) groups is 1. The Kier molecular flexibility index (Phi) is 4.80. The monoisotopic (exact) mass is 370 g/mol. The number of nitrogens with one attached hydrogen (secondary N) is 2. The van der Waals surface area contributed by atoms with Crippen molar-refractivity contribution in [3.63, 3.8) is 0 Å². The third-order valence-corrected chi connectivity index (χ3v) is 6.78. The molecule has 146 valence electrons. The van der Waals surface area contributed by atoms with Gasteiger partial charge in [0.15, 0.2) is 0 Å². The largest absolute Gasteiger partial charge is 0.493 e. The van der Waals surface area contributed by atoms with Crippen molar-refractivity contribution in [1.29, 1.82) is 0 Å².